The summed E-state index contributed by atoms with van der Waals surface area (Å²) in [5, 5.41) is 8.79. The standard InChI is InChI=1S/C12H21NO3/c14-12(15)7-10-3-1-5-13(8-10)9-11-4-2-6-16-11/h10-11H,1-9H2,(H,14,15). The molecule has 2 rings (SSSR count). The largest absolute Gasteiger partial charge is 0.481 e. The van der Waals surface area contributed by atoms with Gasteiger partial charge in [-0.05, 0) is 38.1 Å². The van der Waals surface area contributed by atoms with Crippen LogP contribution in [-0.2, 0) is 9.53 Å². The minimum atomic E-state index is -0.663. The van der Waals surface area contributed by atoms with E-state index in [2.05, 4.69) is 4.90 Å². The van der Waals surface area contributed by atoms with Crippen molar-refractivity contribution in [2.75, 3.05) is 26.2 Å². The average molecular weight is 227 g/mol. The van der Waals surface area contributed by atoms with Crippen molar-refractivity contribution in [2.24, 2.45) is 5.92 Å². The highest BCUT2D eigenvalue weighted by atomic mass is 16.5. The predicted octanol–water partition coefficient (Wildman–Crippen LogP) is 1.35. The fourth-order valence-electron chi connectivity index (χ4n) is 2.81. The number of hydrogen-bond donors (Lipinski definition) is 1. The van der Waals surface area contributed by atoms with Crippen molar-refractivity contribution >= 4 is 5.97 Å². The maximum Gasteiger partial charge on any atom is 0.303 e. The fourth-order valence-corrected chi connectivity index (χ4v) is 2.81. The van der Waals surface area contributed by atoms with Gasteiger partial charge in [0, 0.05) is 26.1 Å². The Morgan fingerprint density at radius 1 is 1.38 bits per heavy atom. The van der Waals surface area contributed by atoms with Gasteiger partial charge in [-0.2, -0.15) is 0 Å². The molecule has 2 atom stereocenters. The molecule has 2 fully saturated rings. The lowest BCUT2D eigenvalue weighted by Crippen LogP contribution is -2.40. The van der Waals surface area contributed by atoms with Crippen LogP contribution in [0.1, 0.15) is 32.1 Å². The summed E-state index contributed by atoms with van der Waals surface area (Å²) in [6.45, 7) is 3.94. The Morgan fingerprint density at radius 2 is 2.25 bits per heavy atom. The normalized spacial score (nSPS) is 31.8. The van der Waals surface area contributed by atoms with Crippen molar-refractivity contribution in [1.82, 2.24) is 4.90 Å². The highest BCUT2D eigenvalue weighted by molar-refractivity contribution is 5.67. The Hall–Kier alpha value is -0.610. The number of piperidine rings is 1. The Kier molecular flexibility index (Phi) is 4.18. The van der Waals surface area contributed by atoms with Gasteiger partial charge in [0.25, 0.3) is 0 Å². The molecule has 0 radical (unpaired) electrons. The van der Waals surface area contributed by atoms with Crippen LogP contribution in [-0.4, -0.2) is 48.3 Å². The maximum atomic E-state index is 10.7. The van der Waals surface area contributed by atoms with Gasteiger partial charge in [-0.15, -0.1) is 0 Å². The number of likely N-dealkylation sites (tertiary alicyclic amines) is 1. The van der Waals surface area contributed by atoms with Gasteiger partial charge in [-0.3, -0.25) is 4.79 Å². The van der Waals surface area contributed by atoms with Crippen LogP contribution in [0.5, 0.6) is 0 Å². The van der Waals surface area contributed by atoms with E-state index in [0.717, 1.165) is 39.1 Å². The summed E-state index contributed by atoms with van der Waals surface area (Å²) in [6, 6.07) is 0. The van der Waals surface area contributed by atoms with Gasteiger partial charge >= 0.3 is 5.97 Å². The van der Waals surface area contributed by atoms with Gasteiger partial charge in [-0.1, -0.05) is 0 Å². The zero-order valence-electron chi connectivity index (χ0n) is 9.73. The first kappa shape index (κ1) is 11.9. The van der Waals surface area contributed by atoms with Gasteiger partial charge in [0.05, 0.1) is 6.10 Å². The van der Waals surface area contributed by atoms with E-state index < -0.39 is 5.97 Å². The van der Waals surface area contributed by atoms with Crippen LogP contribution in [0.3, 0.4) is 0 Å². The minimum Gasteiger partial charge on any atom is -0.481 e. The monoisotopic (exact) mass is 227 g/mol. The molecule has 0 saturated carbocycles. The summed E-state index contributed by atoms with van der Waals surface area (Å²) in [4.78, 5) is 13.1. The predicted molar refractivity (Wildman–Crippen MR) is 60.4 cm³/mol. The summed E-state index contributed by atoms with van der Waals surface area (Å²) < 4.78 is 5.61. The molecule has 2 saturated heterocycles. The highest BCUT2D eigenvalue weighted by Crippen LogP contribution is 2.21. The molecule has 0 amide bonds. The van der Waals surface area contributed by atoms with Crippen molar-refractivity contribution in [3.8, 4) is 0 Å². The quantitative estimate of drug-likeness (QED) is 0.787. The summed E-state index contributed by atoms with van der Waals surface area (Å²) in [5.41, 5.74) is 0. The Morgan fingerprint density at radius 3 is 2.94 bits per heavy atom. The van der Waals surface area contributed by atoms with Crippen LogP contribution in [0.15, 0.2) is 0 Å². The third-order valence-corrected chi connectivity index (χ3v) is 3.55. The first-order valence-electron chi connectivity index (χ1n) is 6.30. The van der Waals surface area contributed by atoms with Crippen molar-refractivity contribution < 1.29 is 14.6 Å². The third-order valence-electron chi connectivity index (χ3n) is 3.55. The lowest BCUT2D eigenvalue weighted by molar-refractivity contribution is -0.138. The lowest BCUT2D eigenvalue weighted by atomic mass is 9.94. The van der Waals surface area contributed by atoms with E-state index in [1.165, 1.54) is 12.8 Å². The molecular formula is C12H21NO3. The van der Waals surface area contributed by atoms with E-state index in [0.29, 0.717) is 18.4 Å². The van der Waals surface area contributed by atoms with Crippen LogP contribution in [0.2, 0.25) is 0 Å². The Bertz CT molecular complexity index is 238. The smallest absolute Gasteiger partial charge is 0.303 e. The fraction of sp³-hybridized carbons (Fsp3) is 0.917. The van der Waals surface area contributed by atoms with Gasteiger partial charge < -0.3 is 14.7 Å². The lowest BCUT2D eigenvalue weighted by Gasteiger charge is -2.33. The van der Waals surface area contributed by atoms with Gasteiger partial charge in [-0.25, -0.2) is 0 Å². The van der Waals surface area contributed by atoms with Crippen molar-refractivity contribution in [2.45, 2.75) is 38.2 Å². The second-order valence-corrected chi connectivity index (χ2v) is 5.00. The first-order chi connectivity index (χ1) is 7.74. The van der Waals surface area contributed by atoms with Gasteiger partial charge in [0.1, 0.15) is 0 Å². The zero-order valence-corrected chi connectivity index (χ0v) is 9.73. The van der Waals surface area contributed by atoms with Crippen LogP contribution in [0.4, 0.5) is 0 Å². The number of hydrogen-bond acceptors (Lipinski definition) is 3. The first-order valence-corrected chi connectivity index (χ1v) is 6.30. The number of carbonyl (C=O) groups is 1. The average Bonchev–Trinajstić information content (AvgIpc) is 2.70. The second-order valence-electron chi connectivity index (χ2n) is 5.00. The van der Waals surface area contributed by atoms with E-state index in [4.69, 9.17) is 9.84 Å². The zero-order chi connectivity index (χ0) is 11.4. The molecule has 16 heavy (non-hydrogen) atoms. The number of aliphatic carboxylic acids is 1. The molecule has 2 unspecified atom stereocenters. The SMILES string of the molecule is O=C(O)CC1CCCN(CC2CCCO2)C1. The maximum absolute atomic E-state index is 10.7. The molecule has 0 aliphatic carbocycles. The highest BCUT2D eigenvalue weighted by Gasteiger charge is 2.25. The molecule has 0 aromatic heterocycles. The summed E-state index contributed by atoms with van der Waals surface area (Å²) >= 11 is 0. The molecule has 0 aromatic rings. The van der Waals surface area contributed by atoms with Crippen molar-refractivity contribution in [1.29, 1.82) is 0 Å². The molecular weight excluding hydrogens is 206 g/mol. The molecule has 0 spiro atoms. The summed E-state index contributed by atoms with van der Waals surface area (Å²) in [7, 11) is 0. The van der Waals surface area contributed by atoms with E-state index in [1.807, 2.05) is 0 Å². The number of carboxylic acids is 1. The Labute approximate surface area is 96.6 Å². The number of carboxylic acid groups (broad SMARTS) is 1. The van der Waals surface area contributed by atoms with Gasteiger partial charge in [0.2, 0.25) is 0 Å². The topological polar surface area (TPSA) is 49.8 Å². The second kappa shape index (κ2) is 5.64. The van der Waals surface area contributed by atoms with E-state index >= 15 is 0 Å². The number of ether oxygens (including phenoxy) is 1. The van der Waals surface area contributed by atoms with E-state index in [-0.39, 0.29) is 0 Å². The van der Waals surface area contributed by atoms with Gasteiger partial charge in [0.15, 0.2) is 0 Å². The molecule has 2 aliphatic rings. The summed E-state index contributed by atoms with van der Waals surface area (Å²) in [5.74, 6) is -0.323. The molecule has 2 heterocycles. The number of nitrogens with zero attached hydrogens (tertiary/aromatic N) is 1. The van der Waals surface area contributed by atoms with Crippen molar-refractivity contribution in [3.05, 3.63) is 0 Å². The molecule has 4 nitrogen and oxygen atoms in total. The summed E-state index contributed by atoms with van der Waals surface area (Å²) in [6.07, 6.45) is 5.25. The van der Waals surface area contributed by atoms with E-state index in [1.54, 1.807) is 0 Å². The van der Waals surface area contributed by atoms with Crippen LogP contribution >= 0.6 is 0 Å². The number of rotatable bonds is 4. The molecule has 0 bridgehead atoms. The van der Waals surface area contributed by atoms with Crippen LogP contribution in [0, 0.1) is 5.92 Å². The van der Waals surface area contributed by atoms with Crippen molar-refractivity contribution in [3.63, 3.8) is 0 Å². The molecule has 1 N–H and O–H groups in total. The molecule has 92 valence electrons. The molecule has 4 heteroatoms. The Balaban J connectivity index is 1.74. The minimum absolute atomic E-state index is 0.321. The van der Waals surface area contributed by atoms with Crippen LogP contribution < -0.4 is 0 Å². The van der Waals surface area contributed by atoms with Crippen LogP contribution in [0.25, 0.3) is 0 Å². The molecule has 2 aliphatic heterocycles. The molecule has 0 aromatic carbocycles. The van der Waals surface area contributed by atoms with E-state index in [9.17, 15) is 4.79 Å². The third kappa shape index (κ3) is 3.46.